The van der Waals surface area contributed by atoms with E-state index in [0.717, 1.165) is 30.5 Å². The van der Waals surface area contributed by atoms with Gasteiger partial charge in [0, 0.05) is 5.69 Å². The molecule has 86 valence electrons. The second-order valence-electron chi connectivity index (χ2n) is 4.31. The average molecular weight is 218 g/mol. The molecule has 1 unspecified atom stereocenters. The summed E-state index contributed by atoms with van der Waals surface area (Å²) in [6, 6.07) is 7.66. The second-order valence-corrected chi connectivity index (χ2v) is 4.31. The number of fused-ring (bicyclic) bond motifs is 1. The van der Waals surface area contributed by atoms with E-state index in [9.17, 15) is 4.79 Å². The van der Waals surface area contributed by atoms with Gasteiger partial charge in [0.15, 0.2) is 0 Å². The molecule has 0 fully saturated rings. The normalized spacial score (nSPS) is 23.2. The van der Waals surface area contributed by atoms with Crippen LogP contribution in [0.15, 0.2) is 24.3 Å². The van der Waals surface area contributed by atoms with E-state index < -0.39 is 0 Å². The van der Waals surface area contributed by atoms with Crippen LogP contribution in [0.1, 0.15) is 43.5 Å². The number of carbonyl (C=O) groups is 1. The Morgan fingerprint density at radius 3 is 2.62 bits per heavy atom. The molecule has 1 amide bonds. The van der Waals surface area contributed by atoms with Crippen molar-refractivity contribution in [2.24, 2.45) is 0 Å². The molecular formula is C13H18N2O. The van der Waals surface area contributed by atoms with Crippen LogP contribution in [0.5, 0.6) is 0 Å². The van der Waals surface area contributed by atoms with E-state index in [-0.39, 0.29) is 11.6 Å². The summed E-state index contributed by atoms with van der Waals surface area (Å²) in [5.41, 5.74) is 1.42. The number of hydrogen-bond acceptors (Lipinski definition) is 2. The standard InChI is InChI=1S/C13H18N2O/c1-3-9-13(4-2)14-11-8-6-5-7-10(11)12(16)15-13/h5-8,14H,3-4,9H2,1-2H3,(H,15,16). The molecule has 1 aliphatic heterocycles. The molecule has 2 rings (SSSR count). The molecule has 16 heavy (non-hydrogen) atoms. The van der Waals surface area contributed by atoms with Gasteiger partial charge in [0.25, 0.3) is 5.91 Å². The van der Waals surface area contributed by atoms with Gasteiger partial charge in [-0.3, -0.25) is 4.79 Å². The summed E-state index contributed by atoms with van der Waals surface area (Å²) in [5, 5.41) is 6.55. The van der Waals surface area contributed by atoms with Crippen molar-refractivity contribution < 1.29 is 4.79 Å². The Hall–Kier alpha value is -1.51. The van der Waals surface area contributed by atoms with Crippen LogP contribution in [0.4, 0.5) is 5.69 Å². The predicted molar refractivity (Wildman–Crippen MR) is 65.5 cm³/mol. The number of nitrogens with one attached hydrogen (secondary N) is 2. The highest BCUT2D eigenvalue weighted by molar-refractivity contribution is 6.02. The van der Waals surface area contributed by atoms with Gasteiger partial charge < -0.3 is 10.6 Å². The van der Waals surface area contributed by atoms with Crippen molar-refractivity contribution in [3.05, 3.63) is 29.8 Å². The Kier molecular flexibility index (Phi) is 2.86. The first-order valence-corrected chi connectivity index (χ1v) is 5.90. The summed E-state index contributed by atoms with van der Waals surface area (Å²) in [7, 11) is 0. The zero-order chi connectivity index (χ0) is 11.6. The largest absolute Gasteiger partial charge is 0.362 e. The van der Waals surface area contributed by atoms with Crippen LogP contribution >= 0.6 is 0 Å². The lowest BCUT2D eigenvalue weighted by atomic mass is 9.95. The van der Waals surface area contributed by atoms with Crippen molar-refractivity contribution in [1.82, 2.24) is 5.32 Å². The van der Waals surface area contributed by atoms with Crippen molar-refractivity contribution in [3.63, 3.8) is 0 Å². The minimum Gasteiger partial charge on any atom is -0.362 e. The fourth-order valence-electron chi connectivity index (χ4n) is 2.27. The molecular weight excluding hydrogens is 200 g/mol. The molecule has 3 nitrogen and oxygen atoms in total. The van der Waals surface area contributed by atoms with Crippen LogP contribution in [0.2, 0.25) is 0 Å². The van der Waals surface area contributed by atoms with Gasteiger partial charge in [-0.25, -0.2) is 0 Å². The fourth-order valence-corrected chi connectivity index (χ4v) is 2.27. The summed E-state index contributed by atoms with van der Waals surface area (Å²) in [6.45, 7) is 4.22. The van der Waals surface area contributed by atoms with Crippen LogP contribution in [0.3, 0.4) is 0 Å². The van der Waals surface area contributed by atoms with Gasteiger partial charge in [-0.1, -0.05) is 32.4 Å². The highest BCUT2D eigenvalue weighted by Crippen LogP contribution is 2.28. The highest BCUT2D eigenvalue weighted by Gasteiger charge is 2.34. The molecule has 1 atom stereocenters. The lowest BCUT2D eigenvalue weighted by Crippen LogP contribution is -2.57. The van der Waals surface area contributed by atoms with Crippen molar-refractivity contribution in [2.75, 3.05) is 5.32 Å². The molecule has 3 heteroatoms. The summed E-state index contributed by atoms with van der Waals surface area (Å²) >= 11 is 0. The lowest BCUT2D eigenvalue weighted by Gasteiger charge is -2.40. The van der Waals surface area contributed by atoms with Gasteiger partial charge in [0.1, 0.15) is 5.66 Å². The summed E-state index contributed by atoms with van der Waals surface area (Å²) < 4.78 is 0. The van der Waals surface area contributed by atoms with E-state index in [1.807, 2.05) is 24.3 Å². The maximum atomic E-state index is 12.0. The third-order valence-corrected chi connectivity index (χ3v) is 3.18. The Morgan fingerprint density at radius 1 is 1.19 bits per heavy atom. The molecule has 0 aromatic heterocycles. The van der Waals surface area contributed by atoms with Gasteiger partial charge in [0.05, 0.1) is 5.56 Å². The molecule has 1 aromatic carbocycles. The molecule has 2 N–H and O–H groups in total. The monoisotopic (exact) mass is 218 g/mol. The molecule has 0 aliphatic carbocycles. The van der Waals surface area contributed by atoms with E-state index in [1.165, 1.54) is 0 Å². The Balaban J connectivity index is 2.35. The summed E-state index contributed by atoms with van der Waals surface area (Å²) in [5.74, 6) is 0.0321. The van der Waals surface area contributed by atoms with Gasteiger partial charge in [-0.15, -0.1) is 0 Å². The minimum atomic E-state index is -0.264. The van der Waals surface area contributed by atoms with Crippen molar-refractivity contribution >= 4 is 11.6 Å². The van der Waals surface area contributed by atoms with Crippen molar-refractivity contribution in [1.29, 1.82) is 0 Å². The van der Waals surface area contributed by atoms with Crippen LogP contribution in [-0.2, 0) is 0 Å². The number of benzene rings is 1. The van der Waals surface area contributed by atoms with Crippen LogP contribution in [0.25, 0.3) is 0 Å². The Labute approximate surface area is 96.2 Å². The Morgan fingerprint density at radius 2 is 1.94 bits per heavy atom. The molecule has 1 aromatic rings. The lowest BCUT2D eigenvalue weighted by molar-refractivity contribution is 0.0892. The van der Waals surface area contributed by atoms with E-state index in [0.29, 0.717) is 0 Å². The number of anilines is 1. The molecule has 0 radical (unpaired) electrons. The van der Waals surface area contributed by atoms with Gasteiger partial charge in [0.2, 0.25) is 0 Å². The maximum absolute atomic E-state index is 12.0. The predicted octanol–water partition coefficient (Wildman–Crippen LogP) is 2.75. The van der Waals surface area contributed by atoms with Gasteiger partial charge in [-0.2, -0.15) is 0 Å². The summed E-state index contributed by atoms with van der Waals surface area (Å²) in [6.07, 6.45) is 2.88. The van der Waals surface area contributed by atoms with Gasteiger partial charge >= 0.3 is 0 Å². The van der Waals surface area contributed by atoms with E-state index in [1.54, 1.807) is 0 Å². The SMILES string of the molecule is CCCC1(CC)NC(=O)c2ccccc2N1. The molecule has 1 aliphatic rings. The smallest absolute Gasteiger partial charge is 0.255 e. The quantitative estimate of drug-likeness (QED) is 0.819. The average Bonchev–Trinajstić information content (AvgIpc) is 2.29. The maximum Gasteiger partial charge on any atom is 0.255 e. The highest BCUT2D eigenvalue weighted by atomic mass is 16.2. The zero-order valence-electron chi connectivity index (χ0n) is 9.84. The molecule has 1 heterocycles. The number of amides is 1. The summed E-state index contributed by atoms with van der Waals surface area (Å²) in [4.78, 5) is 12.0. The van der Waals surface area contributed by atoms with E-state index >= 15 is 0 Å². The Bertz CT molecular complexity index is 403. The first-order chi connectivity index (χ1) is 7.71. The molecule has 0 saturated carbocycles. The molecule has 0 bridgehead atoms. The first-order valence-electron chi connectivity index (χ1n) is 5.90. The first kappa shape index (κ1) is 11.0. The van der Waals surface area contributed by atoms with Crippen molar-refractivity contribution in [2.45, 2.75) is 38.8 Å². The van der Waals surface area contributed by atoms with Gasteiger partial charge in [-0.05, 0) is 25.0 Å². The minimum absolute atomic E-state index is 0.0321. The fraction of sp³-hybridized carbons (Fsp3) is 0.462. The number of rotatable bonds is 3. The number of para-hydroxylation sites is 1. The molecule has 0 spiro atoms. The van der Waals surface area contributed by atoms with E-state index in [4.69, 9.17) is 0 Å². The third kappa shape index (κ3) is 1.77. The second kappa shape index (κ2) is 4.16. The van der Waals surface area contributed by atoms with Crippen LogP contribution < -0.4 is 10.6 Å². The topological polar surface area (TPSA) is 41.1 Å². The number of hydrogen-bond donors (Lipinski definition) is 2. The van der Waals surface area contributed by atoms with Crippen LogP contribution in [0, 0.1) is 0 Å². The third-order valence-electron chi connectivity index (χ3n) is 3.18. The molecule has 0 saturated heterocycles. The van der Waals surface area contributed by atoms with Crippen LogP contribution in [-0.4, -0.2) is 11.6 Å². The van der Waals surface area contributed by atoms with Crippen molar-refractivity contribution in [3.8, 4) is 0 Å². The van der Waals surface area contributed by atoms with E-state index in [2.05, 4.69) is 24.5 Å². The zero-order valence-corrected chi connectivity index (χ0v) is 9.84. The number of carbonyl (C=O) groups excluding carboxylic acids is 1.